The van der Waals surface area contributed by atoms with E-state index in [4.69, 9.17) is 5.11 Å². The largest absolute Gasteiger partial charge is 0.480 e. The molecule has 5 nitrogen and oxygen atoms in total. The zero-order valence-electron chi connectivity index (χ0n) is 11.4. The molecule has 1 unspecified atom stereocenters. The first-order chi connectivity index (χ1) is 7.68. The first-order valence-corrected chi connectivity index (χ1v) is 5.98. The van der Waals surface area contributed by atoms with E-state index in [2.05, 4.69) is 5.32 Å². The lowest BCUT2D eigenvalue weighted by molar-refractivity contribution is -0.138. The lowest BCUT2D eigenvalue weighted by Crippen LogP contribution is -2.54. The molecule has 1 atom stereocenters. The maximum Gasteiger partial charge on any atom is 0.323 e. The summed E-state index contributed by atoms with van der Waals surface area (Å²) in [4.78, 5) is 24.0. The van der Waals surface area contributed by atoms with Gasteiger partial charge in [-0.2, -0.15) is 0 Å². The van der Waals surface area contributed by atoms with Gasteiger partial charge >= 0.3 is 12.0 Å². The molecule has 0 saturated heterocycles. The van der Waals surface area contributed by atoms with E-state index in [0.29, 0.717) is 0 Å². The van der Waals surface area contributed by atoms with Crippen LogP contribution in [0.4, 0.5) is 4.79 Å². The monoisotopic (exact) mass is 244 g/mol. The van der Waals surface area contributed by atoms with Crippen molar-refractivity contribution >= 4 is 12.0 Å². The molecule has 0 aliphatic heterocycles. The number of aliphatic carboxylic acids is 1. The number of urea groups is 1. The number of nitrogens with zero attached hydrogens (tertiary/aromatic N) is 1. The number of carboxylic acid groups (broad SMARTS) is 1. The first-order valence-electron chi connectivity index (χ1n) is 5.98. The van der Waals surface area contributed by atoms with Gasteiger partial charge in [0.05, 0.1) is 0 Å². The van der Waals surface area contributed by atoms with E-state index >= 15 is 0 Å². The van der Waals surface area contributed by atoms with Crippen LogP contribution in [0, 0.1) is 0 Å². The molecule has 0 aromatic rings. The molecule has 0 radical (unpaired) electrons. The number of carbonyl (C=O) groups excluding carboxylic acids is 1. The SMILES string of the molecule is CCCC(C)NC(=O)N(CC(=O)O)C(C)(C)C. The molecule has 0 aliphatic carbocycles. The number of rotatable bonds is 5. The Morgan fingerprint density at radius 1 is 1.35 bits per heavy atom. The predicted octanol–water partition coefficient (Wildman–Crippen LogP) is 2.07. The van der Waals surface area contributed by atoms with Crippen LogP contribution in [0.1, 0.15) is 47.5 Å². The van der Waals surface area contributed by atoms with Crippen LogP contribution in [0.5, 0.6) is 0 Å². The number of carbonyl (C=O) groups is 2. The molecule has 0 fully saturated rings. The number of hydrogen-bond donors (Lipinski definition) is 2. The average molecular weight is 244 g/mol. The topological polar surface area (TPSA) is 69.6 Å². The standard InChI is InChI=1S/C12H24N2O3/c1-6-7-9(2)13-11(17)14(8-10(15)16)12(3,4)5/h9H,6-8H2,1-5H3,(H,13,17)(H,15,16). The molecule has 0 spiro atoms. The Balaban J connectivity index is 4.59. The van der Waals surface area contributed by atoms with Gasteiger partial charge in [0.15, 0.2) is 0 Å². The Kier molecular flexibility index (Phi) is 5.99. The minimum atomic E-state index is -1.00. The van der Waals surface area contributed by atoms with Crippen LogP contribution in [-0.4, -0.2) is 40.1 Å². The Morgan fingerprint density at radius 2 is 1.88 bits per heavy atom. The summed E-state index contributed by atoms with van der Waals surface area (Å²) in [6, 6.07) is -0.257. The highest BCUT2D eigenvalue weighted by atomic mass is 16.4. The summed E-state index contributed by atoms with van der Waals surface area (Å²) in [6.07, 6.45) is 1.87. The summed E-state index contributed by atoms with van der Waals surface area (Å²) in [7, 11) is 0. The van der Waals surface area contributed by atoms with Gasteiger partial charge in [0.25, 0.3) is 0 Å². The Morgan fingerprint density at radius 3 is 2.24 bits per heavy atom. The van der Waals surface area contributed by atoms with E-state index in [1.807, 2.05) is 34.6 Å². The average Bonchev–Trinajstić information content (AvgIpc) is 2.12. The number of amides is 2. The normalized spacial score (nSPS) is 13.0. The summed E-state index contributed by atoms with van der Waals surface area (Å²) in [6.45, 7) is 9.14. The third kappa shape index (κ3) is 6.14. The van der Waals surface area contributed by atoms with Gasteiger partial charge in [0.1, 0.15) is 6.54 Å². The Bertz CT molecular complexity index is 271. The highest BCUT2D eigenvalue weighted by Gasteiger charge is 2.28. The molecule has 0 aromatic carbocycles. The second-order valence-corrected chi connectivity index (χ2v) is 5.29. The van der Waals surface area contributed by atoms with Crippen molar-refractivity contribution in [1.29, 1.82) is 0 Å². The van der Waals surface area contributed by atoms with Crippen LogP contribution in [-0.2, 0) is 4.79 Å². The van der Waals surface area contributed by atoms with Crippen LogP contribution in [0.25, 0.3) is 0 Å². The van der Waals surface area contributed by atoms with E-state index in [0.717, 1.165) is 12.8 Å². The fourth-order valence-electron chi connectivity index (χ4n) is 1.54. The number of hydrogen-bond acceptors (Lipinski definition) is 2. The molecule has 0 bridgehead atoms. The van der Waals surface area contributed by atoms with Gasteiger partial charge in [-0.3, -0.25) is 4.79 Å². The van der Waals surface area contributed by atoms with Crippen molar-refractivity contribution in [3.8, 4) is 0 Å². The summed E-state index contributed by atoms with van der Waals surface area (Å²) < 4.78 is 0. The second kappa shape index (κ2) is 6.47. The van der Waals surface area contributed by atoms with Gasteiger partial charge in [-0.25, -0.2) is 4.79 Å². The maximum atomic E-state index is 12.0. The van der Waals surface area contributed by atoms with Crippen LogP contribution in [0.15, 0.2) is 0 Å². The van der Waals surface area contributed by atoms with Gasteiger partial charge in [-0.1, -0.05) is 13.3 Å². The summed E-state index contributed by atoms with van der Waals surface area (Å²) in [5, 5.41) is 11.6. The molecule has 0 aliphatic rings. The molecule has 5 heteroatoms. The molecule has 100 valence electrons. The summed E-state index contributed by atoms with van der Waals surface area (Å²) in [5.74, 6) is -1.00. The summed E-state index contributed by atoms with van der Waals surface area (Å²) in [5.41, 5.74) is -0.506. The minimum Gasteiger partial charge on any atom is -0.480 e. The Labute approximate surface area is 103 Å². The molecule has 2 N–H and O–H groups in total. The molecular weight excluding hydrogens is 220 g/mol. The van der Waals surface area contributed by atoms with E-state index in [1.54, 1.807) is 0 Å². The molecule has 0 heterocycles. The maximum absolute atomic E-state index is 12.0. The zero-order valence-corrected chi connectivity index (χ0v) is 11.4. The molecule has 17 heavy (non-hydrogen) atoms. The van der Waals surface area contributed by atoms with Crippen molar-refractivity contribution in [2.24, 2.45) is 0 Å². The van der Waals surface area contributed by atoms with Crippen LogP contribution < -0.4 is 5.32 Å². The van der Waals surface area contributed by atoms with Crippen molar-refractivity contribution < 1.29 is 14.7 Å². The fourth-order valence-corrected chi connectivity index (χ4v) is 1.54. The lowest BCUT2D eigenvalue weighted by atomic mass is 10.1. The van der Waals surface area contributed by atoms with Crippen molar-refractivity contribution in [3.63, 3.8) is 0 Å². The highest BCUT2D eigenvalue weighted by molar-refractivity contribution is 5.80. The summed E-state index contributed by atoms with van der Waals surface area (Å²) >= 11 is 0. The predicted molar refractivity (Wildman–Crippen MR) is 67.0 cm³/mol. The van der Waals surface area contributed by atoms with Gasteiger partial charge in [-0.05, 0) is 34.1 Å². The van der Waals surface area contributed by atoms with Gasteiger partial charge in [0.2, 0.25) is 0 Å². The zero-order chi connectivity index (χ0) is 13.6. The first kappa shape index (κ1) is 15.7. The molecule has 2 amide bonds. The minimum absolute atomic E-state index is 0.0612. The van der Waals surface area contributed by atoms with Crippen molar-refractivity contribution in [1.82, 2.24) is 10.2 Å². The molecule has 0 saturated carbocycles. The third-order valence-corrected chi connectivity index (χ3v) is 2.44. The van der Waals surface area contributed by atoms with Crippen LogP contribution in [0.3, 0.4) is 0 Å². The van der Waals surface area contributed by atoms with Gasteiger partial charge in [-0.15, -0.1) is 0 Å². The van der Waals surface area contributed by atoms with E-state index in [9.17, 15) is 9.59 Å². The van der Waals surface area contributed by atoms with Crippen LogP contribution in [0.2, 0.25) is 0 Å². The second-order valence-electron chi connectivity index (χ2n) is 5.29. The molecule has 0 rings (SSSR count). The smallest absolute Gasteiger partial charge is 0.323 e. The van der Waals surface area contributed by atoms with Gasteiger partial charge < -0.3 is 15.3 Å². The third-order valence-electron chi connectivity index (χ3n) is 2.44. The fraction of sp³-hybridized carbons (Fsp3) is 0.833. The van der Waals surface area contributed by atoms with E-state index in [1.165, 1.54) is 4.90 Å². The van der Waals surface area contributed by atoms with E-state index < -0.39 is 11.5 Å². The quantitative estimate of drug-likeness (QED) is 0.777. The lowest BCUT2D eigenvalue weighted by Gasteiger charge is -2.35. The van der Waals surface area contributed by atoms with Crippen molar-refractivity contribution in [3.05, 3.63) is 0 Å². The number of nitrogens with one attached hydrogen (secondary N) is 1. The van der Waals surface area contributed by atoms with Crippen LogP contribution >= 0.6 is 0 Å². The Hall–Kier alpha value is -1.26. The highest BCUT2D eigenvalue weighted by Crippen LogP contribution is 2.13. The van der Waals surface area contributed by atoms with Crippen molar-refractivity contribution in [2.45, 2.75) is 59.0 Å². The van der Waals surface area contributed by atoms with Crippen molar-refractivity contribution in [2.75, 3.05) is 6.54 Å². The van der Waals surface area contributed by atoms with Gasteiger partial charge in [0, 0.05) is 11.6 Å². The molecule has 0 aromatic heterocycles. The molecular formula is C12H24N2O3. The number of carboxylic acids is 1. The van der Waals surface area contributed by atoms with E-state index in [-0.39, 0.29) is 18.6 Å².